The molecule has 2 N–H and O–H groups in total. The Balaban J connectivity index is 2.25. The van der Waals surface area contributed by atoms with Crippen molar-refractivity contribution in [3.63, 3.8) is 0 Å². The van der Waals surface area contributed by atoms with Crippen LogP contribution in [0.1, 0.15) is 18.9 Å². The highest BCUT2D eigenvalue weighted by Gasteiger charge is 2.13. The third kappa shape index (κ3) is 1.61. The molecule has 1 aromatic heterocycles. The molecule has 0 spiro atoms. The van der Waals surface area contributed by atoms with Crippen LogP contribution < -0.4 is 5.73 Å². The minimum Gasteiger partial charge on any atom is -0.384 e. The summed E-state index contributed by atoms with van der Waals surface area (Å²) < 4.78 is 0. The normalized spacial score (nSPS) is 19.8. The average Bonchev–Trinajstić information content (AvgIpc) is 2.67. The summed E-state index contributed by atoms with van der Waals surface area (Å²) in [4.78, 5) is 8.28. The molecule has 1 atom stereocenters. The lowest BCUT2D eigenvalue weighted by Gasteiger charge is -1.96. The molecule has 5 heteroatoms. The molecule has 0 saturated heterocycles. The number of amidine groups is 1. The molecule has 72 valence electrons. The Morgan fingerprint density at radius 3 is 2.86 bits per heavy atom. The fourth-order valence-corrected chi connectivity index (χ4v) is 1.16. The van der Waals surface area contributed by atoms with Crippen molar-refractivity contribution < 1.29 is 0 Å². The average molecular weight is 189 g/mol. The van der Waals surface area contributed by atoms with E-state index in [0.717, 1.165) is 12.0 Å². The fraction of sp³-hybridized carbons (Fsp3) is 0.333. The van der Waals surface area contributed by atoms with Gasteiger partial charge in [-0.25, -0.2) is 9.98 Å². The number of rotatable bonds is 2. The molecule has 0 aromatic carbocycles. The van der Waals surface area contributed by atoms with Crippen molar-refractivity contribution in [3.05, 3.63) is 23.9 Å². The monoisotopic (exact) mass is 189 g/mol. The minimum atomic E-state index is -0.0254. The zero-order chi connectivity index (χ0) is 9.97. The molecule has 2 heterocycles. The molecule has 1 aliphatic heterocycles. The molecule has 0 bridgehead atoms. The van der Waals surface area contributed by atoms with Gasteiger partial charge in [0.05, 0.1) is 0 Å². The molecule has 0 saturated carbocycles. The highest BCUT2D eigenvalue weighted by atomic mass is 15.3. The Morgan fingerprint density at radius 1 is 1.43 bits per heavy atom. The van der Waals surface area contributed by atoms with Gasteiger partial charge in [-0.1, -0.05) is 6.92 Å². The largest absolute Gasteiger partial charge is 0.384 e. The Hall–Kier alpha value is -1.78. The van der Waals surface area contributed by atoms with E-state index in [1.165, 1.54) is 0 Å². The van der Waals surface area contributed by atoms with Gasteiger partial charge in [0.1, 0.15) is 5.82 Å². The molecule has 5 nitrogen and oxygen atoms in total. The van der Waals surface area contributed by atoms with Crippen LogP contribution in [-0.4, -0.2) is 17.0 Å². The van der Waals surface area contributed by atoms with Gasteiger partial charge in [0.25, 0.3) is 0 Å². The number of nitrogens with two attached hydrogens (primary N) is 1. The number of aromatic nitrogens is 1. The van der Waals surface area contributed by atoms with E-state index in [0.29, 0.717) is 11.7 Å². The number of aliphatic imine (C=N–C) groups is 1. The molecule has 0 aliphatic carbocycles. The summed E-state index contributed by atoms with van der Waals surface area (Å²) in [5.74, 6) is 1.14. The standard InChI is InChI=1S/C9H11N5/c1-2-8-12-9(14-13-8)6-3-4-7(10)11-5-6/h3-5,8H,2H2,1H3,(H2,10,11). The number of azo groups is 1. The lowest BCUT2D eigenvalue weighted by molar-refractivity contribution is 0.683. The molecule has 2 rings (SSSR count). The van der Waals surface area contributed by atoms with Gasteiger partial charge in [0.15, 0.2) is 12.0 Å². The van der Waals surface area contributed by atoms with Crippen molar-refractivity contribution in [1.29, 1.82) is 0 Å². The lowest BCUT2D eigenvalue weighted by Crippen LogP contribution is -1.99. The molecule has 0 amide bonds. The molecular weight excluding hydrogens is 178 g/mol. The summed E-state index contributed by atoms with van der Waals surface area (Å²) in [6.07, 6.45) is 2.50. The summed E-state index contributed by atoms with van der Waals surface area (Å²) in [6, 6.07) is 3.57. The fourth-order valence-electron chi connectivity index (χ4n) is 1.16. The first-order valence-corrected chi connectivity index (χ1v) is 4.50. The topological polar surface area (TPSA) is 76.0 Å². The van der Waals surface area contributed by atoms with Crippen molar-refractivity contribution >= 4 is 11.7 Å². The van der Waals surface area contributed by atoms with Gasteiger partial charge < -0.3 is 5.73 Å². The van der Waals surface area contributed by atoms with Crippen LogP contribution in [-0.2, 0) is 0 Å². The molecule has 1 aliphatic rings. The Labute approximate surface area is 81.8 Å². The van der Waals surface area contributed by atoms with Crippen molar-refractivity contribution in [2.45, 2.75) is 19.5 Å². The molecule has 0 radical (unpaired) electrons. The lowest BCUT2D eigenvalue weighted by atomic mass is 10.2. The van der Waals surface area contributed by atoms with Gasteiger partial charge in [-0.2, -0.15) is 5.11 Å². The number of hydrogen-bond donors (Lipinski definition) is 1. The van der Waals surface area contributed by atoms with Crippen LogP contribution in [0.5, 0.6) is 0 Å². The second-order valence-electron chi connectivity index (χ2n) is 3.03. The highest BCUT2D eigenvalue weighted by molar-refractivity contribution is 5.99. The van der Waals surface area contributed by atoms with Gasteiger partial charge in [0, 0.05) is 11.8 Å². The van der Waals surface area contributed by atoms with Gasteiger partial charge in [-0.15, -0.1) is 5.11 Å². The maximum Gasteiger partial charge on any atom is 0.180 e. The van der Waals surface area contributed by atoms with Crippen LogP contribution in [0.15, 0.2) is 33.6 Å². The van der Waals surface area contributed by atoms with Crippen molar-refractivity contribution in [2.24, 2.45) is 15.2 Å². The highest BCUT2D eigenvalue weighted by Crippen LogP contribution is 2.14. The summed E-state index contributed by atoms with van der Waals surface area (Å²) in [6.45, 7) is 2.03. The first-order chi connectivity index (χ1) is 6.79. The van der Waals surface area contributed by atoms with Crippen LogP contribution in [0.2, 0.25) is 0 Å². The van der Waals surface area contributed by atoms with E-state index >= 15 is 0 Å². The minimum absolute atomic E-state index is 0.0254. The van der Waals surface area contributed by atoms with E-state index in [9.17, 15) is 0 Å². The third-order valence-electron chi connectivity index (χ3n) is 1.97. The number of nitrogens with zero attached hydrogens (tertiary/aromatic N) is 4. The first-order valence-electron chi connectivity index (χ1n) is 4.50. The van der Waals surface area contributed by atoms with E-state index in [-0.39, 0.29) is 6.17 Å². The van der Waals surface area contributed by atoms with Gasteiger partial charge in [-0.05, 0) is 18.6 Å². The first kappa shape index (κ1) is 8.80. The second-order valence-corrected chi connectivity index (χ2v) is 3.03. The van der Waals surface area contributed by atoms with Crippen LogP contribution in [0.25, 0.3) is 0 Å². The smallest absolute Gasteiger partial charge is 0.180 e. The molecule has 1 aromatic rings. The van der Waals surface area contributed by atoms with Gasteiger partial charge in [0.2, 0.25) is 0 Å². The van der Waals surface area contributed by atoms with Crippen LogP contribution in [0, 0.1) is 0 Å². The van der Waals surface area contributed by atoms with Crippen LogP contribution in [0.3, 0.4) is 0 Å². The predicted octanol–water partition coefficient (Wildman–Crippen LogP) is 1.61. The molecule has 0 fully saturated rings. The molecular formula is C9H11N5. The second kappa shape index (κ2) is 3.53. The number of nitrogen functional groups attached to an aromatic ring is 1. The van der Waals surface area contributed by atoms with Crippen molar-refractivity contribution in [2.75, 3.05) is 5.73 Å². The van der Waals surface area contributed by atoms with Gasteiger partial charge in [-0.3, -0.25) is 0 Å². The number of pyridine rings is 1. The van der Waals surface area contributed by atoms with Crippen LogP contribution >= 0.6 is 0 Å². The SMILES string of the molecule is CCC1N=NC(c2ccc(N)nc2)=N1. The summed E-state index contributed by atoms with van der Waals surface area (Å²) >= 11 is 0. The number of hydrogen-bond acceptors (Lipinski definition) is 5. The maximum atomic E-state index is 5.47. The number of anilines is 1. The summed E-state index contributed by atoms with van der Waals surface area (Å²) in [5, 5.41) is 7.98. The molecule has 1 unspecified atom stereocenters. The van der Waals surface area contributed by atoms with E-state index in [1.54, 1.807) is 12.3 Å². The van der Waals surface area contributed by atoms with Gasteiger partial charge >= 0.3 is 0 Å². The third-order valence-corrected chi connectivity index (χ3v) is 1.97. The quantitative estimate of drug-likeness (QED) is 0.767. The van der Waals surface area contributed by atoms with Crippen molar-refractivity contribution in [3.8, 4) is 0 Å². The van der Waals surface area contributed by atoms with E-state index in [4.69, 9.17) is 5.73 Å². The summed E-state index contributed by atoms with van der Waals surface area (Å²) in [7, 11) is 0. The van der Waals surface area contributed by atoms with Crippen LogP contribution in [0.4, 0.5) is 5.82 Å². The van der Waals surface area contributed by atoms with Crippen molar-refractivity contribution in [1.82, 2.24) is 4.98 Å². The Morgan fingerprint density at radius 2 is 2.29 bits per heavy atom. The molecule has 14 heavy (non-hydrogen) atoms. The Bertz CT molecular complexity index is 379. The maximum absolute atomic E-state index is 5.47. The zero-order valence-corrected chi connectivity index (χ0v) is 7.88. The van der Waals surface area contributed by atoms with E-state index in [2.05, 4.69) is 20.2 Å². The Kier molecular flexibility index (Phi) is 2.22. The predicted molar refractivity (Wildman–Crippen MR) is 54.1 cm³/mol. The summed E-state index contributed by atoms with van der Waals surface area (Å²) in [5.41, 5.74) is 6.33. The van der Waals surface area contributed by atoms with E-state index < -0.39 is 0 Å². The zero-order valence-electron chi connectivity index (χ0n) is 7.88. The van der Waals surface area contributed by atoms with E-state index in [1.807, 2.05) is 13.0 Å².